The van der Waals surface area contributed by atoms with Crippen LogP contribution in [0, 0.1) is 5.82 Å². The molecule has 2 rings (SSSR count). The highest BCUT2D eigenvalue weighted by atomic mass is 19.1. The Balaban J connectivity index is 2.10. The number of halogens is 1. The van der Waals surface area contributed by atoms with Gasteiger partial charge in [-0.05, 0) is 18.2 Å². The van der Waals surface area contributed by atoms with Crippen molar-refractivity contribution in [1.82, 2.24) is 5.32 Å². The summed E-state index contributed by atoms with van der Waals surface area (Å²) in [6.07, 6.45) is 0. The van der Waals surface area contributed by atoms with Crippen molar-refractivity contribution in [2.24, 2.45) is 0 Å². The lowest BCUT2D eigenvalue weighted by molar-refractivity contribution is 0.0944. The number of amides is 1. The topological polar surface area (TPSA) is 61.8 Å². The SMILES string of the molecule is O=C(NCCO)c1ccc(N2CCOCC2)c(F)c1. The highest BCUT2D eigenvalue weighted by Crippen LogP contribution is 2.21. The van der Waals surface area contributed by atoms with Crippen LogP contribution in [-0.2, 0) is 4.74 Å². The molecule has 104 valence electrons. The van der Waals surface area contributed by atoms with Crippen molar-refractivity contribution >= 4 is 11.6 Å². The summed E-state index contributed by atoms with van der Waals surface area (Å²) >= 11 is 0. The maximum absolute atomic E-state index is 14.0. The van der Waals surface area contributed by atoms with E-state index in [0.717, 1.165) is 0 Å². The Labute approximate surface area is 111 Å². The number of nitrogens with one attached hydrogen (secondary N) is 1. The van der Waals surface area contributed by atoms with Crippen molar-refractivity contribution in [1.29, 1.82) is 0 Å². The minimum atomic E-state index is -0.418. The van der Waals surface area contributed by atoms with Crippen LogP contribution in [0.2, 0.25) is 0 Å². The maximum atomic E-state index is 14.0. The van der Waals surface area contributed by atoms with E-state index in [-0.39, 0.29) is 24.6 Å². The van der Waals surface area contributed by atoms with Crippen LogP contribution in [0.15, 0.2) is 18.2 Å². The smallest absolute Gasteiger partial charge is 0.251 e. The van der Waals surface area contributed by atoms with Crippen LogP contribution in [0.5, 0.6) is 0 Å². The first-order valence-corrected chi connectivity index (χ1v) is 6.23. The van der Waals surface area contributed by atoms with Crippen molar-refractivity contribution in [3.63, 3.8) is 0 Å². The van der Waals surface area contributed by atoms with E-state index in [1.807, 2.05) is 4.90 Å². The van der Waals surface area contributed by atoms with Crippen molar-refractivity contribution in [2.45, 2.75) is 0 Å². The number of hydrogen-bond donors (Lipinski definition) is 2. The van der Waals surface area contributed by atoms with E-state index in [9.17, 15) is 9.18 Å². The quantitative estimate of drug-likeness (QED) is 0.829. The second kappa shape index (κ2) is 6.49. The Kier molecular flexibility index (Phi) is 4.70. The standard InChI is InChI=1S/C13H17FN2O3/c14-11-9-10(13(18)15-3-6-17)1-2-12(11)16-4-7-19-8-5-16/h1-2,9,17H,3-8H2,(H,15,18). The van der Waals surface area contributed by atoms with Gasteiger partial charge in [0.2, 0.25) is 0 Å². The Hall–Kier alpha value is -1.66. The van der Waals surface area contributed by atoms with Gasteiger partial charge in [-0.1, -0.05) is 0 Å². The van der Waals surface area contributed by atoms with E-state index in [1.165, 1.54) is 6.07 Å². The van der Waals surface area contributed by atoms with Crippen molar-refractivity contribution in [3.05, 3.63) is 29.6 Å². The molecule has 19 heavy (non-hydrogen) atoms. The van der Waals surface area contributed by atoms with Crippen LogP contribution in [0.3, 0.4) is 0 Å². The van der Waals surface area contributed by atoms with E-state index in [2.05, 4.69) is 5.32 Å². The summed E-state index contributed by atoms with van der Waals surface area (Å²) in [4.78, 5) is 13.5. The van der Waals surface area contributed by atoms with Crippen LogP contribution in [0.1, 0.15) is 10.4 Å². The summed E-state index contributed by atoms with van der Waals surface area (Å²) in [6, 6.07) is 4.41. The molecule has 2 N–H and O–H groups in total. The number of benzene rings is 1. The van der Waals surface area contributed by atoms with Crippen molar-refractivity contribution in [2.75, 3.05) is 44.4 Å². The number of aliphatic hydroxyl groups excluding tert-OH is 1. The molecule has 0 aromatic heterocycles. The third-order valence-corrected chi connectivity index (χ3v) is 2.96. The molecule has 0 spiro atoms. The second-order valence-corrected chi connectivity index (χ2v) is 4.25. The Morgan fingerprint density at radius 3 is 2.79 bits per heavy atom. The first-order valence-electron chi connectivity index (χ1n) is 6.23. The molecule has 1 aliphatic rings. The molecule has 1 heterocycles. The first-order chi connectivity index (χ1) is 9.22. The molecule has 1 aromatic rings. The minimum absolute atomic E-state index is 0.139. The largest absolute Gasteiger partial charge is 0.395 e. The van der Waals surface area contributed by atoms with E-state index in [0.29, 0.717) is 32.0 Å². The molecule has 6 heteroatoms. The highest BCUT2D eigenvalue weighted by Gasteiger charge is 2.16. The van der Waals surface area contributed by atoms with Gasteiger partial charge in [-0.15, -0.1) is 0 Å². The van der Waals surface area contributed by atoms with Crippen molar-refractivity contribution < 1.29 is 19.0 Å². The third kappa shape index (κ3) is 3.42. The third-order valence-electron chi connectivity index (χ3n) is 2.96. The van der Waals surface area contributed by atoms with E-state index < -0.39 is 5.82 Å². The number of ether oxygens (including phenoxy) is 1. The molecule has 0 saturated carbocycles. The summed E-state index contributed by atoms with van der Waals surface area (Å²) in [5.74, 6) is -0.806. The lowest BCUT2D eigenvalue weighted by Gasteiger charge is -2.29. The summed E-state index contributed by atoms with van der Waals surface area (Å²) < 4.78 is 19.2. The number of anilines is 1. The molecular formula is C13H17FN2O3. The lowest BCUT2D eigenvalue weighted by Crippen LogP contribution is -2.36. The van der Waals surface area contributed by atoms with Gasteiger partial charge in [0.15, 0.2) is 0 Å². The Morgan fingerprint density at radius 2 is 2.16 bits per heavy atom. The van der Waals surface area contributed by atoms with Gasteiger partial charge in [-0.3, -0.25) is 4.79 Å². The molecule has 1 aromatic carbocycles. The zero-order valence-corrected chi connectivity index (χ0v) is 10.6. The number of nitrogens with zero attached hydrogens (tertiary/aromatic N) is 1. The van der Waals surface area contributed by atoms with Gasteiger partial charge in [-0.25, -0.2) is 4.39 Å². The fraction of sp³-hybridized carbons (Fsp3) is 0.462. The Bertz CT molecular complexity index is 448. The molecule has 5 nitrogen and oxygen atoms in total. The average Bonchev–Trinajstić information content (AvgIpc) is 2.45. The van der Waals surface area contributed by atoms with Gasteiger partial charge in [-0.2, -0.15) is 0 Å². The molecular weight excluding hydrogens is 251 g/mol. The van der Waals surface area contributed by atoms with Crippen molar-refractivity contribution in [3.8, 4) is 0 Å². The number of carbonyl (C=O) groups excluding carboxylic acids is 1. The van der Waals surface area contributed by atoms with Gasteiger partial charge >= 0.3 is 0 Å². The molecule has 1 amide bonds. The molecule has 1 aliphatic heterocycles. The first kappa shape index (κ1) is 13.8. The minimum Gasteiger partial charge on any atom is -0.395 e. The van der Waals surface area contributed by atoms with Gasteiger partial charge in [0.05, 0.1) is 25.5 Å². The van der Waals surface area contributed by atoms with Gasteiger partial charge in [0, 0.05) is 25.2 Å². The number of aliphatic hydroxyl groups is 1. The summed E-state index contributed by atoms with van der Waals surface area (Å²) in [7, 11) is 0. The molecule has 0 atom stereocenters. The summed E-state index contributed by atoms with van der Waals surface area (Å²) in [5.41, 5.74) is 0.741. The highest BCUT2D eigenvalue weighted by molar-refractivity contribution is 5.94. The normalized spacial score (nSPS) is 15.4. The zero-order valence-electron chi connectivity index (χ0n) is 10.6. The predicted molar refractivity (Wildman–Crippen MR) is 68.9 cm³/mol. The monoisotopic (exact) mass is 268 g/mol. The fourth-order valence-electron chi connectivity index (χ4n) is 1.98. The van der Waals surface area contributed by atoms with Crippen LogP contribution in [0.25, 0.3) is 0 Å². The van der Waals surface area contributed by atoms with Crippen LogP contribution < -0.4 is 10.2 Å². The average molecular weight is 268 g/mol. The Morgan fingerprint density at radius 1 is 1.42 bits per heavy atom. The zero-order chi connectivity index (χ0) is 13.7. The molecule has 1 saturated heterocycles. The fourth-order valence-corrected chi connectivity index (χ4v) is 1.98. The van der Waals surface area contributed by atoms with E-state index >= 15 is 0 Å². The molecule has 0 bridgehead atoms. The van der Waals surface area contributed by atoms with Crippen LogP contribution in [0.4, 0.5) is 10.1 Å². The molecule has 1 fully saturated rings. The van der Waals surface area contributed by atoms with Crippen LogP contribution >= 0.6 is 0 Å². The molecule has 0 radical (unpaired) electrons. The van der Waals surface area contributed by atoms with E-state index in [1.54, 1.807) is 12.1 Å². The predicted octanol–water partition coefficient (Wildman–Crippen LogP) is 0.384. The number of morpholine rings is 1. The maximum Gasteiger partial charge on any atom is 0.251 e. The van der Waals surface area contributed by atoms with Gasteiger partial charge in [0.1, 0.15) is 5.82 Å². The van der Waals surface area contributed by atoms with Gasteiger partial charge in [0.25, 0.3) is 5.91 Å². The second-order valence-electron chi connectivity index (χ2n) is 4.25. The number of hydrogen-bond acceptors (Lipinski definition) is 4. The number of rotatable bonds is 4. The summed E-state index contributed by atoms with van der Waals surface area (Å²) in [6.45, 7) is 2.47. The van der Waals surface area contributed by atoms with Gasteiger partial charge < -0.3 is 20.1 Å². The van der Waals surface area contributed by atoms with E-state index in [4.69, 9.17) is 9.84 Å². The molecule has 0 aliphatic carbocycles. The molecule has 0 unspecified atom stereocenters. The lowest BCUT2D eigenvalue weighted by atomic mass is 10.1. The van der Waals surface area contributed by atoms with Crippen LogP contribution in [-0.4, -0.2) is 50.5 Å². The summed E-state index contributed by atoms with van der Waals surface area (Å²) in [5, 5.41) is 11.1. The number of carbonyl (C=O) groups is 1.